The molecule has 2 nitrogen and oxygen atoms in total. The smallest absolute Gasteiger partial charge is 0.138 e. The van der Waals surface area contributed by atoms with Crippen LogP contribution in [0.1, 0.15) is 5.56 Å². The third-order valence-electron chi connectivity index (χ3n) is 13.1. The molecule has 1 aromatic heterocycles. The van der Waals surface area contributed by atoms with Gasteiger partial charge in [0.2, 0.25) is 0 Å². The zero-order valence-corrected chi connectivity index (χ0v) is 35.9. The molecule has 12 aromatic rings. The fourth-order valence-corrected chi connectivity index (χ4v) is 9.75. The fraction of sp³-hybridized carbons (Fsp3) is 0.0159. The summed E-state index contributed by atoms with van der Waals surface area (Å²) in [6, 6.07) is 87.8. The van der Waals surface area contributed by atoms with Gasteiger partial charge in [-0.1, -0.05) is 188 Å². The molecule has 2 heteroatoms. The Bertz CT molecular complexity index is 3690. The summed E-state index contributed by atoms with van der Waals surface area (Å²) in [4.78, 5) is 2.36. The Balaban J connectivity index is 0.881. The van der Waals surface area contributed by atoms with Gasteiger partial charge in [-0.25, -0.2) is 0 Å². The average Bonchev–Trinajstić information content (AvgIpc) is 3.72. The minimum atomic E-state index is 0.919. The summed E-state index contributed by atoms with van der Waals surface area (Å²) in [6.07, 6.45) is 0. The summed E-state index contributed by atoms with van der Waals surface area (Å²) < 4.78 is 6.32. The molecule has 0 amide bonds. The number of anilines is 3. The predicted octanol–water partition coefficient (Wildman–Crippen LogP) is 18.0. The highest BCUT2D eigenvalue weighted by atomic mass is 16.3. The summed E-state index contributed by atoms with van der Waals surface area (Å²) in [5, 5.41) is 8.71. The Kier molecular flexibility index (Phi) is 9.43. The highest BCUT2D eigenvalue weighted by Crippen LogP contribution is 2.41. The number of rotatable bonds is 8. The Hall–Kier alpha value is -8.46. The first-order valence-corrected chi connectivity index (χ1v) is 22.3. The van der Waals surface area contributed by atoms with E-state index in [1.807, 2.05) is 12.1 Å². The van der Waals surface area contributed by atoms with Crippen molar-refractivity contribution in [2.75, 3.05) is 4.90 Å². The Morgan fingerprint density at radius 3 is 1.42 bits per heavy atom. The van der Waals surface area contributed by atoms with E-state index < -0.39 is 0 Å². The van der Waals surface area contributed by atoms with Gasteiger partial charge >= 0.3 is 0 Å². The van der Waals surface area contributed by atoms with Crippen molar-refractivity contribution in [3.63, 3.8) is 0 Å². The van der Waals surface area contributed by atoms with Crippen LogP contribution in [-0.2, 0) is 0 Å². The van der Waals surface area contributed by atoms with Crippen LogP contribution in [0.25, 0.3) is 99.1 Å². The maximum absolute atomic E-state index is 6.32. The van der Waals surface area contributed by atoms with Crippen LogP contribution in [0.5, 0.6) is 0 Å². The zero-order chi connectivity index (χ0) is 43.3. The van der Waals surface area contributed by atoms with Gasteiger partial charge in [-0.05, 0) is 138 Å². The van der Waals surface area contributed by atoms with E-state index in [2.05, 4.69) is 242 Å². The molecular formula is C63H43NO. The number of fused-ring (bicyclic) bond motifs is 5. The van der Waals surface area contributed by atoms with Crippen LogP contribution in [-0.4, -0.2) is 0 Å². The van der Waals surface area contributed by atoms with Gasteiger partial charge in [-0.3, -0.25) is 0 Å². The van der Waals surface area contributed by atoms with Gasteiger partial charge in [0.15, 0.2) is 0 Å². The second kappa shape index (κ2) is 16.0. The lowest BCUT2D eigenvalue weighted by molar-refractivity contribution is 0.629. The molecule has 1 heterocycles. The van der Waals surface area contributed by atoms with Gasteiger partial charge in [-0.15, -0.1) is 0 Å². The molecule has 0 aliphatic carbocycles. The van der Waals surface area contributed by atoms with Gasteiger partial charge < -0.3 is 9.32 Å². The summed E-state index contributed by atoms with van der Waals surface area (Å²) in [5.74, 6) is 0.925. The van der Waals surface area contributed by atoms with Crippen molar-refractivity contribution in [3.05, 3.63) is 248 Å². The van der Waals surface area contributed by atoms with E-state index in [1.165, 1.54) is 71.3 Å². The van der Waals surface area contributed by atoms with E-state index in [-0.39, 0.29) is 0 Å². The van der Waals surface area contributed by atoms with Gasteiger partial charge in [-0.2, -0.15) is 0 Å². The molecule has 0 fully saturated rings. The highest BCUT2D eigenvalue weighted by molar-refractivity contribution is 6.13. The summed E-state index contributed by atoms with van der Waals surface area (Å²) >= 11 is 0. The minimum absolute atomic E-state index is 0.919. The maximum Gasteiger partial charge on any atom is 0.138 e. The minimum Gasteiger partial charge on any atom is -0.456 e. The van der Waals surface area contributed by atoms with Crippen LogP contribution in [0.4, 0.5) is 17.1 Å². The molecule has 12 rings (SSSR count). The first-order chi connectivity index (χ1) is 32.1. The highest BCUT2D eigenvalue weighted by Gasteiger charge is 2.17. The number of hydrogen-bond acceptors (Lipinski definition) is 2. The molecule has 0 unspecified atom stereocenters. The predicted molar refractivity (Wildman–Crippen MR) is 275 cm³/mol. The Labute approximate surface area is 378 Å². The zero-order valence-electron chi connectivity index (χ0n) is 35.9. The monoisotopic (exact) mass is 829 g/mol. The molecule has 0 bridgehead atoms. The molecule has 11 aromatic carbocycles. The number of furan rings is 1. The van der Waals surface area contributed by atoms with Gasteiger partial charge in [0.1, 0.15) is 11.3 Å². The molecule has 0 atom stereocenters. The lowest BCUT2D eigenvalue weighted by Crippen LogP contribution is -2.09. The van der Waals surface area contributed by atoms with E-state index in [4.69, 9.17) is 4.42 Å². The Morgan fingerprint density at radius 1 is 0.292 bits per heavy atom. The van der Waals surface area contributed by atoms with E-state index in [0.29, 0.717) is 0 Å². The average molecular weight is 830 g/mol. The van der Waals surface area contributed by atoms with Gasteiger partial charge in [0, 0.05) is 33.6 Å². The summed E-state index contributed by atoms with van der Waals surface area (Å²) in [7, 11) is 0. The number of aryl methyl sites for hydroxylation is 1. The summed E-state index contributed by atoms with van der Waals surface area (Å²) in [6.45, 7) is 2.14. The second-order valence-corrected chi connectivity index (χ2v) is 16.9. The van der Waals surface area contributed by atoms with Gasteiger partial charge in [0.05, 0.1) is 0 Å². The van der Waals surface area contributed by atoms with Crippen LogP contribution >= 0.6 is 0 Å². The normalized spacial score (nSPS) is 11.5. The largest absolute Gasteiger partial charge is 0.456 e. The molecular weight excluding hydrogens is 787 g/mol. The first-order valence-electron chi connectivity index (χ1n) is 22.3. The van der Waals surface area contributed by atoms with Crippen LogP contribution in [0, 0.1) is 6.92 Å². The van der Waals surface area contributed by atoms with Crippen LogP contribution in [0.3, 0.4) is 0 Å². The molecule has 65 heavy (non-hydrogen) atoms. The second-order valence-electron chi connectivity index (χ2n) is 16.9. The summed E-state index contributed by atoms with van der Waals surface area (Å²) in [5.41, 5.74) is 16.0. The number of nitrogens with zero attached hydrogens (tertiary/aromatic N) is 1. The van der Waals surface area contributed by atoms with Crippen molar-refractivity contribution in [1.29, 1.82) is 0 Å². The van der Waals surface area contributed by atoms with Crippen molar-refractivity contribution in [2.45, 2.75) is 6.92 Å². The van der Waals surface area contributed by atoms with Crippen LogP contribution in [0.15, 0.2) is 247 Å². The number of benzene rings is 11. The molecule has 0 aliphatic rings. The SMILES string of the molecule is Cc1c(-c2cccc(-c3ccc(-c4ccc(N(c5ccc(-c6cccc7ccccc67)cc5)c5ccc(-c6cc7ccccc7c7ccccc67)cc5)cc4)cc3)c2)oc2ccccc12. The van der Waals surface area contributed by atoms with Gasteiger partial charge in [0.25, 0.3) is 0 Å². The fourth-order valence-electron chi connectivity index (χ4n) is 9.75. The van der Waals surface area contributed by atoms with Crippen LogP contribution < -0.4 is 4.90 Å². The van der Waals surface area contributed by atoms with Crippen molar-refractivity contribution in [1.82, 2.24) is 0 Å². The quantitative estimate of drug-likeness (QED) is 0.142. The molecule has 0 saturated heterocycles. The maximum atomic E-state index is 6.32. The molecule has 306 valence electrons. The first kappa shape index (κ1) is 38.2. The topological polar surface area (TPSA) is 16.4 Å². The van der Waals surface area contributed by atoms with Crippen molar-refractivity contribution in [3.8, 4) is 55.8 Å². The standard InChI is InChI=1S/C63H43NO/c1-42-55-17-8-9-23-62(55)65-63(42)51-16-10-15-49(40-51)45-26-24-43(25-27-45)44-28-34-52(35-29-44)64(53-36-30-47(31-37-53)57-22-11-14-46-12-2-4-18-56(46)57)54-38-32-48(33-39-54)61-41-50-13-3-5-19-58(50)59-20-6-7-21-60(59)61/h2-41H,1H3. The number of para-hydroxylation sites is 1. The van der Waals surface area contributed by atoms with Crippen molar-refractivity contribution >= 4 is 60.3 Å². The molecule has 0 radical (unpaired) electrons. The number of hydrogen-bond donors (Lipinski definition) is 0. The molecule has 0 saturated carbocycles. The van der Waals surface area contributed by atoms with Crippen molar-refractivity contribution in [2.24, 2.45) is 0 Å². The van der Waals surface area contributed by atoms with E-state index in [1.54, 1.807) is 0 Å². The molecule has 0 N–H and O–H groups in total. The Morgan fingerprint density at radius 2 is 0.754 bits per heavy atom. The molecule has 0 spiro atoms. The van der Waals surface area contributed by atoms with E-state index >= 15 is 0 Å². The molecule has 0 aliphatic heterocycles. The van der Waals surface area contributed by atoms with E-state index in [9.17, 15) is 0 Å². The van der Waals surface area contributed by atoms with Crippen molar-refractivity contribution < 1.29 is 4.42 Å². The van der Waals surface area contributed by atoms with Crippen LogP contribution in [0.2, 0.25) is 0 Å². The third-order valence-corrected chi connectivity index (χ3v) is 13.1. The lowest BCUT2D eigenvalue weighted by atomic mass is 9.93. The third kappa shape index (κ3) is 6.93. The van der Waals surface area contributed by atoms with E-state index in [0.717, 1.165) is 50.5 Å². The lowest BCUT2D eigenvalue weighted by Gasteiger charge is -2.26.